The highest BCUT2D eigenvalue weighted by molar-refractivity contribution is 5.88. The SMILES string of the molecule is COC(=O)CC[C@H](NC(=O)CC(c1ccccc1)(c1ccccc1)c1ccccc1)C(N)=O. The van der Waals surface area contributed by atoms with Crippen LogP contribution in [0.4, 0.5) is 0 Å². The number of amides is 2. The normalized spacial score (nSPS) is 11.9. The van der Waals surface area contributed by atoms with Crippen LogP contribution in [-0.4, -0.2) is 30.9 Å². The summed E-state index contributed by atoms with van der Waals surface area (Å²) in [4.78, 5) is 36.9. The third kappa shape index (κ3) is 5.66. The van der Waals surface area contributed by atoms with Crippen LogP contribution in [0.1, 0.15) is 36.0 Å². The monoisotopic (exact) mass is 444 g/mol. The van der Waals surface area contributed by atoms with Gasteiger partial charge in [-0.1, -0.05) is 91.0 Å². The number of hydrogen-bond acceptors (Lipinski definition) is 4. The maximum Gasteiger partial charge on any atom is 0.305 e. The predicted octanol–water partition coefficient (Wildman–Crippen LogP) is 3.33. The highest BCUT2D eigenvalue weighted by atomic mass is 16.5. The molecule has 0 radical (unpaired) electrons. The standard InChI is InChI=1S/C27H28N2O4/c1-33-25(31)18-17-23(26(28)32)29-24(30)19-27(20-11-5-2-6-12-20,21-13-7-3-8-14-21)22-15-9-4-10-16-22/h2-16,23H,17-19H2,1H3,(H2,28,32)(H,29,30)/t23-/m0/s1. The molecule has 6 nitrogen and oxygen atoms in total. The number of nitrogens with one attached hydrogen (secondary N) is 1. The van der Waals surface area contributed by atoms with Gasteiger partial charge in [0.1, 0.15) is 6.04 Å². The molecule has 0 aliphatic carbocycles. The first-order valence-corrected chi connectivity index (χ1v) is 10.8. The Kier molecular flexibility index (Phi) is 7.97. The lowest BCUT2D eigenvalue weighted by atomic mass is 9.67. The van der Waals surface area contributed by atoms with Gasteiger partial charge in [0, 0.05) is 12.8 Å². The number of hydrogen-bond donors (Lipinski definition) is 2. The van der Waals surface area contributed by atoms with Crippen LogP contribution in [0.25, 0.3) is 0 Å². The third-order valence-corrected chi connectivity index (χ3v) is 5.77. The number of esters is 1. The zero-order chi connectivity index (χ0) is 23.7. The minimum absolute atomic E-state index is 0.0222. The second-order valence-corrected chi connectivity index (χ2v) is 7.82. The quantitative estimate of drug-likeness (QED) is 0.370. The molecule has 0 aromatic heterocycles. The van der Waals surface area contributed by atoms with Crippen molar-refractivity contribution < 1.29 is 19.1 Å². The van der Waals surface area contributed by atoms with Gasteiger partial charge in [-0.3, -0.25) is 14.4 Å². The van der Waals surface area contributed by atoms with Crippen molar-refractivity contribution in [3.05, 3.63) is 108 Å². The molecular formula is C27H28N2O4. The van der Waals surface area contributed by atoms with Crippen molar-refractivity contribution >= 4 is 17.8 Å². The Morgan fingerprint density at radius 3 is 1.61 bits per heavy atom. The summed E-state index contributed by atoms with van der Waals surface area (Å²) in [5, 5.41) is 2.74. The molecule has 0 fully saturated rings. The van der Waals surface area contributed by atoms with Crippen LogP contribution >= 0.6 is 0 Å². The fourth-order valence-corrected chi connectivity index (χ4v) is 4.11. The predicted molar refractivity (Wildman–Crippen MR) is 126 cm³/mol. The van der Waals surface area contributed by atoms with Crippen molar-refractivity contribution in [1.29, 1.82) is 0 Å². The molecule has 3 N–H and O–H groups in total. The van der Waals surface area contributed by atoms with Crippen LogP contribution in [0.2, 0.25) is 0 Å². The lowest BCUT2D eigenvalue weighted by molar-refractivity contribution is -0.141. The van der Waals surface area contributed by atoms with Gasteiger partial charge in [0.25, 0.3) is 0 Å². The summed E-state index contributed by atoms with van der Waals surface area (Å²) in [5.74, 6) is -1.51. The average Bonchev–Trinajstić information content (AvgIpc) is 2.86. The first-order valence-electron chi connectivity index (χ1n) is 10.8. The lowest BCUT2D eigenvalue weighted by Gasteiger charge is -2.36. The number of methoxy groups -OCH3 is 1. The number of carbonyl (C=O) groups is 3. The molecule has 0 aliphatic rings. The summed E-state index contributed by atoms with van der Waals surface area (Å²) in [6.45, 7) is 0. The highest BCUT2D eigenvalue weighted by Crippen LogP contribution is 2.42. The topological polar surface area (TPSA) is 98.5 Å². The molecule has 0 saturated heterocycles. The number of nitrogens with two attached hydrogens (primary N) is 1. The molecular weight excluding hydrogens is 416 g/mol. The van der Waals surface area contributed by atoms with Crippen LogP contribution in [0.3, 0.4) is 0 Å². The second kappa shape index (κ2) is 11.1. The van der Waals surface area contributed by atoms with Gasteiger partial charge in [0.05, 0.1) is 12.5 Å². The first kappa shape index (κ1) is 23.7. The lowest BCUT2D eigenvalue weighted by Crippen LogP contribution is -2.47. The van der Waals surface area contributed by atoms with Gasteiger partial charge in [0.2, 0.25) is 11.8 Å². The molecule has 170 valence electrons. The second-order valence-electron chi connectivity index (χ2n) is 7.82. The molecule has 3 aromatic rings. The molecule has 0 bridgehead atoms. The molecule has 0 saturated carbocycles. The van der Waals surface area contributed by atoms with E-state index >= 15 is 0 Å². The Hall–Kier alpha value is -3.93. The summed E-state index contributed by atoms with van der Waals surface area (Å²) in [6.07, 6.45) is 0.0986. The molecule has 0 unspecified atom stereocenters. The Morgan fingerprint density at radius 2 is 1.24 bits per heavy atom. The van der Waals surface area contributed by atoms with Crippen molar-refractivity contribution in [3.63, 3.8) is 0 Å². The van der Waals surface area contributed by atoms with Gasteiger partial charge in [-0.2, -0.15) is 0 Å². The molecule has 0 spiro atoms. The molecule has 0 aliphatic heterocycles. The maximum atomic E-state index is 13.4. The van der Waals surface area contributed by atoms with Gasteiger partial charge < -0.3 is 15.8 Å². The van der Waals surface area contributed by atoms with Gasteiger partial charge in [-0.25, -0.2) is 0 Å². The van der Waals surface area contributed by atoms with E-state index in [9.17, 15) is 14.4 Å². The fourth-order valence-electron chi connectivity index (χ4n) is 4.11. The number of rotatable bonds is 10. The molecule has 0 heterocycles. The molecule has 6 heteroatoms. The minimum atomic E-state index is -0.975. The zero-order valence-corrected chi connectivity index (χ0v) is 18.6. The van der Waals surface area contributed by atoms with Crippen LogP contribution < -0.4 is 11.1 Å². The van der Waals surface area contributed by atoms with E-state index in [0.29, 0.717) is 0 Å². The van der Waals surface area contributed by atoms with E-state index in [1.54, 1.807) is 0 Å². The van der Waals surface area contributed by atoms with Crippen molar-refractivity contribution in [2.45, 2.75) is 30.7 Å². The molecule has 33 heavy (non-hydrogen) atoms. The van der Waals surface area contributed by atoms with E-state index in [-0.39, 0.29) is 25.2 Å². The summed E-state index contributed by atoms with van der Waals surface area (Å²) >= 11 is 0. The van der Waals surface area contributed by atoms with Gasteiger partial charge in [-0.15, -0.1) is 0 Å². The number of carbonyl (C=O) groups excluding carboxylic acids is 3. The minimum Gasteiger partial charge on any atom is -0.469 e. The van der Waals surface area contributed by atoms with Crippen molar-refractivity contribution in [1.82, 2.24) is 5.32 Å². The van der Waals surface area contributed by atoms with Crippen LogP contribution in [0, 0.1) is 0 Å². The van der Waals surface area contributed by atoms with Crippen LogP contribution in [-0.2, 0) is 24.5 Å². The Morgan fingerprint density at radius 1 is 0.818 bits per heavy atom. The zero-order valence-electron chi connectivity index (χ0n) is 18.6. The Labute approximate surface area is 193 Å². The van der Waals surface area contributed by atoms with E-state index in [1.165, 1.54) is 7.11 Å². The van der Waals surface area contributed by atoms with Crippen LogP contribution in [0.5, 0.6) is 0 Å². The Bertz CT molecular complexity index is 972. The van der Waals surface area contributed by atoms with Crippen molar-refractivity contribution in [2.24, 2.45) is 5.73 Å². The molecule has 3 rings (SSSR count). The number of benzene rings is 3. The van der Waals surface area contributed by atoms with Crippen molar-refractivity contribution in [2.75, 3.05) is 7.11 Å². The molecule has 1 atom stereocenters. The Balaban J connectivity index is 2.02. The van der Waals surface area contributed by atoms with E-state index < -0.39 is 23.3 Å². The third-order valence-electron chi connectivity index (χ3n) is 5.77. The van der Waals surface area contributed by atoms with Gasteiger partial charge >= 0.3 is 5.97 Å². The maximum absolute atomic E-state index is 13.4. The number of ether oxygens (including phenoxy) is 1. The molecule has 3 aromatic carbocycles. The first-order chi connectivity index (χ1) is 16.0. The molecule has 2 amide bonds. The highest BCUT2D eigenvalue weighted by Gasteiger charge is 2.39. The summed E-state index contributed by atoms with van der Waals surface area (Å²) in [5.41, 5.74) is 7.55. The number of primary amides is 1. The summed E-state index contributed by atoms with van der Waals surface area (Å²) in [7, 11) is 1.27. The van der Waals surface area contributed by atoms with E-state index in [1.807, 2.05) is 91.0 Å². The smallest absolute Gasteiger partial charge is 0.305 e. The van der Waals surface area contributed by atoms with Gasteiger partial charge in [0.15, 0.2) is 0 Å². The average molecular weight is 445 g/mol. The summed E-state index contributed by atoms with van der Waals surface area (Å²) in [6, 6.07) is 28.4. The fraction of sp³-hybridized carbons (Fsp3) is 0.222. The van der Waals surface area contributed by atoms with E-state index in [4.69, 9.17) is 5.73 Å². The largest absolute Gasteiger partial charge is 0.469 e. The van der Waals surface area contributed by atoms with Gasteiger partial charge in [-0.05, 0) is 23.1 Å². The summed E-state index contributed by atoms with van der Waals surface area (Å²) < 4.78 is 4.64. The van der Waals surface area contributed by atoms with E-state index in [0.717, 1.165) is 16.7 Å². The van der Waals surface area contributed by atoms with E-state index in [2.05, 4.69) is 10.1 Å². The van der Waals surface area contributed by atoms with Crippen molar-refractivity contribution in [3.8, 4) is 0 Å². The van der Waals surface area contributed by atoms with Crippen LogP contribution in [0.15, 0.2) is 91.0 Å².